The Morgan fingerprint density at radius 3 is 1.73 bits per heavy atom. The lowest BCUT2D eigenvalue weighted by atomic mass is 9.85. The molecule has 0 atom stereocenters. The van der Waals surface area contributed by atoms with Gasteiger partial charge in [0.05, 0.1) is 12.2 Å². The van der Waals surface area contributed by atoms with Crippen LogP contribution >= 0.6 is 0 Å². The van der Waals surface area contributed by atoms with E-state index in [4.69, 9.17) is 9.47 Å². The molecule has 0 fully saturated rings. The Balaban J connectivity index is 1.61. The van der Waals surface area contributed by atoms with Crippen molar-refractivity contribution >= 4 is 17.3 Å². The van der Waals surface area contributed by atoms with Gasteiger partial charge in [-0.1, -0.05) is 36.4 Å². The zero-order valence-corrected chi connectivity index (χ0v) is 25.4. The van der Waals surface area contributed by atoms with Crippen LogP contribution in [0.4, 0.5) is 11.4 Å². The quantitative estimate of drug-likeness (QED) is 0.175. The van der Waals surface area contributed by atoms with Crippen molar-refractivity contribution in [2.24, 2.45) is 0 Å². The Hall–Kier alpha value is -3.51. The number of benzene rings is 3. The van der Waals surface area contributed by atoms with Crippen LogP contribution in [0.1, 0.15) is 62.6 Å². The van der Waals surface area contributed by atoms with Crippen molar-refractivity contribution in [2.75, 3.05) is 57.7 Å². The summed E-state index contributed by atoms with van der Waals surface area (Å²) < 4.78 is 11.6. The second-order valence-corrected chi connectivity index (χ2v) is 11.2. The number of nitrogens with zero attached hydrogens (tertiary/aromatic N) is 2. The predicted molar refractivity (Wildman–Crippen MR) is 167 cm³/mol. The van der Waals surface area contributed by atoms with E-state index >= 15 is 0 Å². The summed E-state index contributed by atoms with van der Waals surface area (Å²) in [4.78, 5) is 16.4. The van der Waals surface area contributed by atoms with Crippen molar-refractivity contribution in [1.29, 1.82) is 0 Å². The maximum atomic E-state index is 12.2. The van der Waals surface area contributed by atoms with Gasteiger partial charge in [0.1, 0.15) is 5.75 Å². The van der Waals surface area contributed by atoms with Gasteiger partial charge in [0.15, 0.2) is 0 Å². The lowest BCUT2D eigenvalue weighted by molar-refractivity contribution is -0.121. The van der Waals surface area contributed by atoms with E-state index in [0.717, 1.165) is 12.2 Å². The fraction of sp³-hybridized carbons (Fsp3) is 0.441. The van der Waals surface area contributed by atoms with Crippen LogP contribution in [-0.2, 0) is 9.53 Å². The number of carbonyl (C=O) groups excluding carboxylic acids is 1. The van der Waals surface area contributed by atoms with Crippen molar-refractivity contribution < 1.29 is 14.3 Å². The Morgan fingerprint density at radius 1 is 0.800 bits per heavy atom. The van der Waals surface area contributed by atoms with Crippen LogP contribution in [0.5, 0.6) is 5.75 Å². The van der Waals surface area contributed by atoms with Crippen LogP contribution in [0.15, 0.2) is 72.8 Å². The van der Waals surface area contributed by atoms with E-state index in [1.807, 2.05) is 32.9 Å². The first kappa shape index (κ1) is 31.0. The van der Waals surface area contributed by atoms with Gasteiger partial charge in [0.25, 0.3) is 0 Å². The Kier molecular flexibility index (Phi) is 11.4. The molecule has 0 aliphatic carbocycles. The number of amides is 1. The lowest BCUT2D eigenvalue weighted by Crippen LogP contribution is -2.32. The molecule has 0 saturated carbocycles. The van der Waals surface area contributed by atoms with Gasteiger partial charge < -0.3 is 24.6 Å². The fourth-order valence-corrected chi connectivity index (χ4v) is 4.74. The zero-order valence-electron chi connectivity index (χ0n) is 25.4. The molecular weight excluding hydrogens is 498 g/mol. The third kappa shape index (κ3) is 9.30. The van der Waals surface area contributed by atoms with E-state index in [-0.39, 0.29) is 17.4 Å². The summed E-state index contributed by atoms with van der Waals surface area (Å²) in [6.45, 7) is 7.87. The minimum absolute atomic E-state index is 0.0506. The molecule has 6 nitrogen and oxygen atoms in total. The van der Waals surface area contributed by atoms with Crippen LogP contribution < -0.4 is 19.9 Å². The predicted octanol–water partition coefficient (Wildman–Crippen LogP) is 6.48. The van der Waals surface area contributed by atoms with Crippen LogP contribution in [0.25, 0.3) is 0 Å². The summed E-state index contributed by atoms with van der Waals surface area (Å²) in [6, 6.07) is 25.9. The molecular formula is C34H47N3O3. The first-order valence-corrected chi connectivity index (χ1v) is 14.3. The first-order valence-electron chi connectivity index (χ1n) is 14.3. The average Bonchev–Trinajstić information content (AvgIpc) is 2.92. The minimum Gasteiger partial charge on any atom is -0.494 e. The third-order valence-electron chi connectivity index (χ3n) is 7.10. The standard InChI is InChI=1S/C34H47N3O3/c1-8-40-34(2,3)23-24-35-32(38)10-9-25-39-31-21-15-28(16-22-31)33(26-11-17-29(18-12-26)36(4)5)27-13-19-30(20-14-27)37(6)7/h11-22,33H,8-10,23-25H2,1-7H3,(H,35,38). The van der Waals surface area contributed by atoms with Crippen LogP contribution in [-0.4, -0.2) is 59.5 Å². The fourth-order valence-electron chi connectivity index (χ4n) is 4.74. The Bertz CT molecular complexity index is 1120. The van der Waals surface area contributed by atoms with Crippen molar-refractivity contribution in [3.05, 3.63) is 89.5 Å². The summed E-state index contributed by atoms with van der Waals surface area (Å²) in [7, 11) is 8.23. The number of hydrogen-bond acceptors (Lipinski definition) is 5. The highest BCUT2D eigenvalue weighted by molar-refractivity contribution is 5.75. The van der Waals surface area contributed by atoms with E-state index in [1.165, 1.54) is 28.1 Å². The summed E-state index contributed by atoms with van der Waals surface area (Å²) in [5.74, 6) is 0.972. The van der Waals surface area contributed by atoms with Gasteiger partial charge in [-0.05, 0) is 86.7 Å². The van der Waals surface area contributed by atoms with Gasteiger partial charge in [-0.3, -0.25) is 4.79 Å². The molecule has 1 N–H and O–H groups in total. The third-order valence-corrected chi connectivity index (χ3v) is 7.10. The summed E-state index contributed by atoms with van der Waals surface area (Å²) in [6.07, 6.45) is 1.90. The van der Waals surface area contributed by atoms with Gasteiger partial charge in [0.2, 0.25) is 5.91 Å². The van der Waals surface area contributed by atoms with E-state index in [2.05, 4.69) is 104 Å². The zero-order chi connectivity index (χ0) is 29.1. The smallest absolute Gasteiger partial charge is 0.220 e. The number of rotatable bonds is 15. The number of anilines is 2. The maximum absolute atomic E-state index is 12.2. The molecule has 0 aliphatic rings. The Labute approximate surface area is 241 Å². The van der Waals surface area contributed by atoms with Gasteiger partial charge in [-0.15, -0.1) is 0 Å². The highest BCUT2D eigenvalue weighted by Crippen LogP contribution is 2.34. The molecule has 0 bridgehead atoms. The van der Waals surface area contributed by atoms with E-state index in [9.17, 15) is 4.79 Å². The first-order chi connectivity index (χ1) is 19.1. The molecule has 0 saturated heterocycles. The van der Waals surface area contributed by atoms with Gasteiger partial charge in [-0.25, -0.2) is 0 Å². The molecule has 40 heavy (non-hydrogen) atoms. The molecule has 0 aliphatic heterocycles. The number of ether oxygens (including phenoxy) is 2. The van der Waals surface area contributed by atoms with E-state index < -0.39 is 0 Å². The lowest BCUT2D eigenvalue weighted by Gasteiger charge is -2.24. The minimum atomic E-state index is -0.221. The van der Waals surface area contributed by atoms with Gasteiger partial charge >= 0.3 is 0 Å². The van der Waals surface area contributed by atoms with Crippen LogP contribution in [0.3, 0.4) is 0 Å². The molecule has 6 heteroatoms. The molecule has 0 spiro atoms. The van der Waals surface area contributed by atoms with E-state index in [0.29, 0.717) is 32.6 Å². The SMILES string of the molecule is CCOC(C)(C)CCNC(=O)CCCOc1ccc(C(c2ccc(N(C)C)cc2)c2ccc(N(C)C)cc2)cc1. The molecule has 0 radical (unpaired) electrons. The molecule has 3 aromatic rings. The summed E-state index contributed by atoms with van der Waals surface area (Å²) in [5, 5.41) is 2.99. The molecule has 0 heterocycles. The number of hydrogen-bond donors (Lipinski definition) is 1. The van der Waals surface area contributed by atoms with Gasteiger partial charge in [0, 0.05) is 65.1 Å². The second kappa shape index (κ2) is 14.8. The average molecular weight is 546 g/mol. The second-order valence-electron chi connectivity index (χ2n) is 11.2. The van der Waals surface area contributed by atoms with Crippen molar-refractivity contribution in [3.63, 3.8) is 0 Å². The topological polar surface area (TPSA) is 54.0 Å². The van der Waals surface area contributed by atoms with Crippen molar-refractivity contribution in [1.82, 2.24) is 5.32 Å². The molecule has 0 unspecified atom stereocenters. The Morgan fingerprint density at radius 2 is 1.27 bits per heavy atom. The molecule has 3 rings (SSSR count). The largest absolute Gasteiger partial charge is 0.494 e. The molecule has 1 amide bonds. The maximum Gasteiger partial charge on any atom is 0.220 e. The number of nitrogens with one attached hydrogen (secondary N) is 1. The molecule has 216 valence electrons. The molecule has 0 aromatic heterocycles. The summed E-state index contributed by atoms with van der Waals surface area (Å²) in [5.41, 5.74) is 5.83. The monoisotopic (exact) mass is 545 g/mol. The highest BCUT2D eigenvalue weighted by Gasteiger charge is 2.18. The van der Waals surface area contributed by atoms with Crippen molar-refractivity contribution in [2.45, 2.75) is 51.6 Å². The number of carbonyl (C=O) groups is 1. The normalized spacial score (nSPS) is 11.4. The highest BCUT2D eigenvalue weighted by atomic mass is 16.5. The van der Waals surface area contributed by atoms with Gasteiger partial charge in [-0.2, -0.15) is 0 Å². The molecule has 3 aromatic carbocycles. The van der Waals surface area contributed by atoms with E-state index in [1.54, 1.807) is 0 Å². The summed E-state index contributed by atoms with van der Waals surface area (Å²) >= 11 is 0. The van der Waals surface area contributed by atoms with Crippen LogP contribution in [0, 0.1) is 0 Å². The van der Waals surface area contributed by atoms with Crippen LogP contribution in [0.2, 0.25) is 0 Å². The van der Waals surface area contributed by atoms with Crippen molar-refractivity contribution in [3.8, 4) is 5.75 Å².